The molecule has 0 saturated carbocycles. The predicted molar refractivity (Wildman–Crippen MR) is 131 cm³/mol. The molecule has 3 aromatic rings. The molecule has 0 atom stereocenters. The number of rotatable bonds is 6. The summed E-state index contributed by atoms with van der Waals surface area (Å²) in [5, 5.41) is 6.14. The Bertz CT molecular complexity index is 1100. The van der Waals surface area contributed by atoms with E-state index in [1.54, 1.807) is 6.21 Å². The number of aromatic nitrogens is 1. The molecule has 1 fully saturated rings. The zero-order chi connectivity index (χ0) is 21.1. The van der Waals surface area contributed by atoms with Gasteiger partial charge in [-0.05, 0) is 31.5 Å². The number of hydrogen-bond donors (Lipinski definition) is 1. The lowest BCUT2D eigenvalue weighted by atomic mass is 10.1. The monoisotopic (exact) mass is 457 g/mol. The summed E-state index contributed by atoms with van der Waals surface area (Å²) in [5.74, 6) is 2.15. The van der Waals surface area contributed by atoms with E-state index in [1.165, 1.54) is 0 Å². The highest BCUT2D eigenvalue weighted by Gasteiger charge is 2.32. The second-order valence-electron chi connectivity index (χ2n) is 7.49. The Morgan fingerprint density at radius 2 is 1.90 bits per heavy atom. The molecule has 0 aliphatic carbocycles. The Labute approximate surface area is 190 Å². The van der Waals surface area contributed by atoms with Crippen LogP contribution in [0.15, 0.2) is 53.6 Å². The van der Waals surface area contributed by atoms with Crippen LogP contribution in [-0.2, 0) is 11.3 Å². The molecule has 1 N–H and O–H groups in total. The van der Waals surface area contributed by atoms with Crippen molar-refractivity contribution < 1.29 is 4.79 Å². The highest BCUT2D eigenvalue weighted by Crippen LogP contribution is 2.45. The van der Waals surface area contributed by atoms with Crippen molar-refractivity contribution in [2.45, 2.75) is 30.9 Å². The Balaban J connectivity index is 1.57. The molecule has 1 aliphatic heterocycles. The number of para-hydroxylation sites is 1. The topological polar surface area (TPSA) is 46.4 Å². The maximum absolute atomic E-state index is 12.4. The highest BCUT2D eigenvalue weighted by molar-refractivity contribution is 8.21. The zero-order valence-electron chi connectivity index (χ0n) is 17.0. The molecule has 1 amide bonds. The lowest BCUT2D eigenvalue weighted by Crippen LogP contribution is -2.26. The fourth-order valence-electron chi connectivity index (χ4n) is 3.78. The number of nitrogens with zero attached hydrogens (tertiary/aromatic N) is 2. The number of benzene rings is 2. The van der Waals surface area contributed by atoms with Crippen LogP contribution in [0.1, 0.15) is 30.2 Å². The molecular weight excluding hydrogens is 434 g/mol. The first-order valence-corrected chi connectivity index (χ1v) is 12.2. The fraction of sp³-hybridized carbons (Fsp3) is 0.304. The van der Waals surface area contributed by atoms with E-state index in [1.807, 2.05) is 59.9 Å². The van der Waals surface area contributed by atoms with Crippen molar-refractivity contribution in [3.05, 3.63) is 70.4 Å². The molecule has 0 bridgehead atoms. The molecule has 0 radical (unpaired) electrons. The first kappa shape index (κ1) is 21.3. The van der Waals surface area contributed by atoms with Crippen LogP contribution in [0.4, 0.5) is 0 Å². The molecule has 156 valence electrons. The van der Waals surface area contributed by atoms with Crippen molar-refractivity contribution in [3.63, 3.8) is 0 Å². The molecule has 0 unspecified atom stereocenters. The molecule has 7 heteroatoms. The third-order valence-electron chi connectivity index (χ3n) is 5.33. The van der Waals surface area contributed by atoms with Gasteiger partial charge >= 0.3 is 0 Å². The lowest BCUT2D eigenvalue weighted by molar-refractivity contribution is -0.121. The van der Waals surface area contributed by atoms with Crippen molar-refractivity contribution >= 4 is 58.1 Å². The summed E-state index contributed by atoms with van der Waals surface area (Å²) >= 11 is 10.1. The number of nitrogens with one attached hydrogen (secondary N) is 1. The van der Waals surface area contributed by atoms with Crippen molar-refractivity contribution in [3.8, 4) is 0 Å². The Morgan fingerprint density at radius 3 is 2.67 bits per heavy atom. The maximum atomic E-state index is 12.4. The summed E-state index contributed by atoms with van der Waals surface area (Å²) in [6, 6.07) is 16.1. The first-order valence-electron chi connectivity index (χ1n) is 9.88. The average molecular weight is 458 g/mol. The van der Waals surface area contributed by atoms with Crippen LogP contribution in [0.2, 0.25) is 5.02 Å². The van der Waals surface area contributed by atoms with E-state index >= 15 is 0 Å². The lowest BCUT2D eigenvalue weighted by Gasteiger charge is -2.19. The van der Waals surface area contributed by atoms with Crippen molar-refractivity contribution in [2.75, 3.05) is 11.5 Å². The maximum Gasteiger partial charge on any atom is 0.242 e. The highest BCUT2D eigenvalue weighted by atomic mass is 35.5. The van der Waals surface area contributed by atoms with E-state index in [-0.39, 0.29) is 9.99 Å². The van der Waals surface area contributed by atoms with Crippen LogP contribution < -0.4 is 5.43 Å². The minimum absolute atomic E-state index is 0.0412. The average Bonchev–Trinajstić information content (AvgIpc) is 3.26. The molecule has 1 aromatic heterocycles. The van der Waals surface area contributed by atoms with Gasteiger partial charge in [-0.1, -0.05) is 48.0 Å². The number of carbonyl (C=O) groups excluding carboxylic acids is 1. The molecule has 4 rings (SSSR count). The second kappa shape index (κ2) is 9.08. The summed E-state index contributed by atoms with van der Waals surface area (Å²) < 4.78 is 2.20. The standard InChI is InChI=1S/C23H24ClN3OS2/c1-16-19(14-25-26-22(28)13-23(2)29-11-12-30-23)18-8-4-6-10-21(18)27(16)15-17-7-3-5-9-20(17)24/h3-10,14H,11-13,15H2,1-2H3,(H,26,28)/b25-14-. The largest absolute Gasteiger partial charge is 0.340 e. The van der Waals surface area contributed by atoms with Crippen LogP contribution >= 0.6 is 35.1 Å². The van der Waals surface area contributed by atoms with E-state index in [4.69, 9.17) is 11.6 Å². The number of hydrogen-bond acceptors (Lipinski definition) is 4. The smallest absolute Gasteiger partial charge is 0.242 e. The summed E-state index contributed by atoms with van der Waals surface area (Å²) in [6.07, 6.45) is 2.23. The normalized spacial score (nSPS) is 15.8. The van der Waals surface area contributed by atoms with Gasteiger partial charge in [0.15, 0.2) is 0 Å². The van der Waals surface area contributed by atoms with E-state index in [9.17, 15) is 4.79 Å². The molecular formula is C23H24ClN3OS2. The predicted octanol–water partition coefficient (Wildman–Crippen LogP) is 5.69. The Kier molecular flexibility index (Phi) is 6.46. The van der Waals surface area contributed by atoms with E-state index in [0.717, 1.165) is 44.3 Å². The molecule has 1 saturated heterocycles. The minimum atomic E-state index is -0.0480. The van der Waals surface area contributed by atoms with Gasteiger partial charge in [0.25, 0.3) is 0 Å². The second-order valence-corrected chi connectivity index (χ2v) is 11.4. The third kappa shape index (κ3) is 4.56. The summed E-state index contributed by atoms with van der Waals surface area (Å²) in [4.78, 5) is 12.4. The molecule has 0 spiro atoms. The van der Waals surface area contributed by atoms with Gasteiger partial charge in [-0.2, -0.15) is 5.10 Å². The minimum Gasteiger partial charge on any atom is -0.340 e. The third-order valence-corrected chi connectivity index (χ3v) is 8.99. The number of fused-ring (bicyclic) bond motifs is 1. The van der Waals surface area contributed by atoms with Gasteiger partial charge in [0.1, 0.15) is 0 Å². The van der Waals surface area contributed by atoms with Gasteiger partial charge in [-0.15, -0.1) is 23.5 Å². The molecule has 2 heterocycles. The zero-order valence-corrected chi connectivity index (χ0v) is 19.4. The van der Waals surface area contributed by atoms with Gasteiger partial charge in [-0.25, -0.2) is 5.43 Å². The Hall–Kier alpha value is -1.89. The van der Waals surface area contributed by atoms with Crippen LogP contribution in [0.5, 0.6) is 0 Å². The van der Waals surface area contributed by atoms with Crippen LogP contribution in [0.25, 0.3) is 10.9 Å². The van der Waals surface area contributed by atoms with Gasteiger partial charge in [0.05, 0.1) is 16.7 Å². The van der Waals surface area contributed by atoms with Crippen LogP contribution in [0.3, 0.4) is 0 Å². The van der Waals surface area contributed by atoms with Crippen molar-refractivity contribution in [1.29, 1.82) is 0 Å². The van der Waals surface area contributed by atoms with E-state index in [2.05, 4.69) is 41.1 Å². The first-order chi connectivity index (χ1) is 14.5. The number of hydrazone groups is 1. The van der Waals surface area contributed by atoms with Crippen LogP contribution in [-0.4, -0.2) is 32.3 Å². The van der Waals surface area contributed by atoms with Gasteiger partial charge < -0.3 is 4.57 Å². The molecule has 2 aromatic carbocycles. The van der Waals surface area contributed by atoms with E-state index < -0.39 is 0 Å². The molecule has 30 heavy (non-hydrogen) atoms. The number of amides is 1. The number of thioether (sulfide) groups is 2. The summed E-state index contributed by atoms with van der Waals surface area (Å²) in [7, 11) is 0. The van der Waals surface area contributed by atoms with Gasteiger partial charge in [-0.3, -0.25) is 4.79 Å². The summed E-state index contributed by atoms with van der Waals surface area (Å²) in [5.41, 5.74) is 7.00. The van der Waals surface area contributed by atoms with Gasteiger partial charge in [0, 0.05) is 45.2 Å². The number of halogens is 1. The number of carbonyl (C=O) groups is 1. The summed E-state index contributed by atoms with van der Waals surface area (Å²) in [6.45, 7) is 4.89. The molecule has 4 nitrogen and oxygen atoms in total. The van der Waals surface area contributed by atoms with Crippen molar-refractivity contribution in [2.24, 2.45) is 5.10 Å². The Morgan fingerprint density at radius 1 is 1.20 bits per heavy atom. The van der Waals surface area contributed by atoms with Gasteiger partial charge in [0.2, 0.25) is 5.91 Å². The van der Waals surface area contributed by atoms with E-state index in [0.29, 0.717) is 13.0 Å². The SMILES string of the molecule is Cc1c(/C=N\NC(=O)CC2(C)SCCS2)c2ccccc2n1Cc1ccccc1Cl. The quantitative estimate of drug-likeness (QED) is 0.382. The molecule has 1 aliphatic rings. The van der Waals surface area contributed by atoms with Crippen molar-refractivity contribution in [1.82, 2.24) is 9.99 Å². The van der Waals surface area contributed by atoms with Crippen LogP contribution in [0, 0.1) is 6.92 Å². The fourth-order valence-corrected chi connectivity index (χ4v) is 6.81.